The molecule has 8 heteroatoms. The van der Waals surface area contributed by atoms with Crippen LogP contribution in [0.25, 0.3) is 0 Å². The second-order valence-electron chi connectivity index (χ2n) is 9.32. The van der Waals surface area contributed by atoms with Gasteiger partial charge in [-0.2, -0.15) is 0 Å². The molecule has 1 aliphatic rings. The minimum Gasteiger partial charge on any atom is -0.454 e. The van der Waals surface area contributed by atoms with Crippen molar-refractivity contribution in [3.63, 3.8) is 0 Å². The summed E-state index contributed by atoms with van der Waals surface area (Å²) in [6.45, 7) is 6.82. The van der Waals surface area contributed by atoms with Gasteiger partial charge in [0.15, 0.2) is 11.5 Å². The van der Waals surface area contributed by atoms with Crippen LogP contribution in [0, 0.1) is 6.92 Å². The molecule has 0 fully saturated rings. The van der Waals surface area contributed by atoms with Gasteiger partial charge in [0.05, 0.1) is 13.1 Å². The van der Waals surface area contributed by atoms with E-state index in [1.54, 1.807) is 16.2 Å². The lowest BCUT2D eigenvalue weighted by Gasteiger charge is -2.28. The number of rotatable bonds is 14. The fourth-order valence-electron chi connectivity index (χ4n) is 4.34. The van der Waals surface area contributed by atoms with Gasteiger partial charge in [0, 0.05) is 37.6 Å². The van der Waals surface area contributed by atoms with Gasteiger partial charge in [-0.15, -0.1) is 11.3 Å². The summed E-state index contributed by atoms with van der Waals surface area (Å²) in [6.07, 6.45) is 1.69. The number of aryl methyl sites for hydroxylation is 2. The molecule has 1 aromatic heterocycles. The first kappa shape index (κ1) is 27.7. The van der Waals surface area contributed by atoms with E-state index in [1.807, 2.05) is 65.7 Å². The number of benzene rings is 2. The molecule has 2 amide bonds. The number of hydrogen-bond acceptors (Lipinski definition) is 6. The maximum atomic E-state index is 13.7. The molecule has 1 aliphatic heterocycles. The minimum absolute atomic E-state index is 0.0194. The van der Waals surface area contributed by atoms with Gasteiger partial charge in [0.1, 0.15) is 0 Å². The van der Waals surface area contributed by atoms with Crippen molar-refractivity contribution in [1.82, 2.24) is 9.80 Å². The van der Waals surface area contributed by atoms with Crippen molar-refractivity contribution >= 4 is 23.2 Å². The molecule has 0 radical (unpaired) electrons. The number of hydrogen-bond donors (Lipinski definition) is 0. The van der Waals surface area contributed by atoms with Gasteiger partial charge >= 0.3 is 0 Å². The standard InChI is InChI=1S/C30H36N2O5S/c1-3-35-16-7-15-31(29(33)13-11-24-8-5-4-6-9-24)21-30(34)32(20-28-23(2)14-17-38-28)19-25-10-12-26-27(18-25)37-22-36-26/h4-6,8-10,12,14,17-18H,3,7,11,13,15-16,19-22H2,1-2H3. The van der Waals surface area contributed by atoms with Crippen molar-refractivity contribution in [2.75, 3.05) is 33.1 Å². The van der Waals surface area contributed by atoms with E-state index in [0.717, 1.165) is 21.6 Å². The van der Waals surface area contributed by atoms with E-state index in [9.17, 15) is 9.59 Å². The minimum atomic E-state index is -0.0834. The Labute approximate surface area is 228 Å². The van der Waals surface area contributed by atoms with Crippen molar-refractivity contribution in [3.05, 3.63) is 81.5 Å². The second kappa shape index (κ2) is 14.0. The number of thiophene rings is 1. The van der Waals surface area contributed by atoms with Gasteiger partial charge in [-0.1, -0.05) is 36.4 Å². The number of ether oxygens (including phenoxy) is 3. The summed E-state index contributed by atoms with van der Waals surface area (Å²) in [5, 5.41) is 2.04. The molecule has 2 aromatic carbocycles. The average molecular weight is 537 g/mol. The first-order valence-electron chi connectivity index (χ1n) is 13.1. The summed E-state index contributed by atoms with van der Waals surface area (Å²) in [7, 11) is 0. The lowest BCUT2D eigenvalue weighted by molar-refractivity contribution is -0.141. The van der Waals surface area contributed by atoms with E-state index in [-0.39, 0.29) is 25.2 Å². The Morgan fingerprint density at radius 2 is 1.76 bits per heavy atom. The van der Waals surface area contributed by atoms with Crippen molar-refractivity contribution in [2.45, 2.75) is 46.2 Å². The fraction of sp³-hybridized carbons (Fsp3) is 0.400. The van der Waals surface area contributed by atoms with Crippen LogP contribution in [0.15, 0.2) is 60.0 Å². The highest BCUT2D eigenvalue weighted by Crippen LogP contribution is 2.33. The fourth-order valence-corrected chi connectivity index (χ4v) is 5.26. The molecule has 202 valence electrons. The van der Waals surface area contributed by atoms with Crippen LogP contribution in [0.2, 0.25) is 0 Å². The van der Waals surface area contributed by atoms with E-state index < -0.39 is 0 Å². The molecule has 0 spiro atoms. The highest BCUT2D eigenvalue weighted by Gasteiger charge is 2.23. The zero-order chi connectivity index (χ0) is 26.7. The summed E-state index contributed by atoms with van der Waals surface area (Å²) in [5.74, 6) is 1.30. The molecule has 38 heavy (non-hydrogen) atoms. The third-order valence-corrected chi connectivity index (χ3v) is 7.54. The number of fused-ring (bicyclic) bond motifs is 1. The zero-order valence-electron chi connectivity index (χ0n) is 22.2. The third-order valence-electron chi connectivity index (χ3n) is 6.54. The van der Waals surface area contributed by atoms with Gasteiger partial charge in [0.25, 0.3) is 0 Å². The molecule has 4 rings (SSSR count). The Morgan fingerprint density at radius 3 is 2.53 bits per heavy atom. The highest BCUT2D eigenvalue weighted by molar-refractivity contribution is 7.10. The van der Waals surface area contributed by atoms with Crippen LogP contribution in [-0.4, -0.2) is 54.7 Å². The first-order chi connectivity index (χ1) is 18.5. The predicted octanol–water partition coefficient (Wildman–Crippen LogP) is 5.20. The summed E-state index contributed by atoms with van der Waals surface area (Å²) in [6, 6.07) is 17.8. The Hall–Kier alpha value is -3.36. The normalized spacial score (nSPS) is 11.9. The van der Waals surface area contributed by atoms with Crippen molar-refractivity contribution in [3.8, 4) is 11.5 Å². The largest absolute Gasteiger partial charge is 0.454 e. The first-order valence-corrected chi connectivity index (χ1v) is 14.0. The molecular weight excluding hydrogens is 500 g/mol. The third kappa shape index (κ3) is 7.82. The topological polar surface area (TPSA) is 68.3 Å². The summed E-state index contributed by atoms with van der Waals surface area (Å²) < 4.78 is 16.5. The van der Waals surface area contributed by atoms with E-state index in [4.69, 9.17) is 14.2 Å². The molecule has 0 aliphatic carbocycles. The van der Waals surface area contributed by atoms with Gasteiger partial charge in [-0.05, 0) is 67.0 Å². The second-order valence-corrected chi connectivity index (χ2v) is 10.3. The molecule has 0 N–H and O–H groups in total. The number of carbonyl (C=O) groups excluding carboxylic acids is 2. The molecule has 0 atom stereocenters. The molecular formula is C30H36N2O5S. The van der Waals surface area contributed by atoms with Crippen LogP contribution in [0.1, 0.15) is 41.3 Å². The smallest absolute Gasteiger partial charge is 0.242 e. The SMILES string of the molecule is CCOCCCN(CC(=O)N(Cc1ccc2c(c1)OCO2)Cc1sccc1C)C(=O)CCc1ccccc1. The average Bonchev–Trinajstić information content (AvgIpc) is 3.57. The van der Waals surface area contributed by atoms with E-state index >= 15 is 0 Å². The molecule has 0 saturated heterocycles. The molecule has 0 unspecified atom stereocenters. The van der Waals surface area contributed by atoms with Crippen molar-refractivity contribution in [2.24, 2.45) is 0 Å². The van der Waals surface area contributed by atoms with Crippen LogP contribution < -0.4 is 9.47 Å². The van der Waals surface area contributed by atoms with Crippen LogP contribution >= 0.6 is 11.3 Å². The van der Waals surface area contributed by atoms with E-state index in [0.29, 0.717) is 63.6 Å². The van der Waals surface area contributed by atoms with Gasteiger partial charge < -0.3 is 24.0 Å². The maximum absolute atomic E-state index is 13.7. The number of nitrogens with zero attached hydrogens (tertiary/aromatic N) is 2. The maximum Gasteiger partial charge on any atom is 0.242 e. The zero-order valence-corrected chi connectivity index (χ0v) is 23.0. The monoisotopic (exact) mass is 536 g/mol. The van der Waals surface area contributed by atoms with Gasteiger partial charge in [-0.25, -0.2) is 0 Å². The van der Waals surface area contributed by atoms with Crippen LogP contribution in [0.5, 0.6) is 11.5 Å². The number of amides is 2. The molecule has 7 nitrogen and oxygen atoms in total. The lowest BCUT2D eigenvalue weighted by Crippen LogP contribution is -2.43. The van der Waals surface area contributed by atoms with Crippen LogP contribution in [0.3, 0.4) is 0 Å². The van der Waals surface area contributed by atoms with E-state index in [2.05, 4.69) is 13.0 Å². The van der Waals surface area contributed by atoms with E-state index in [1.165, 1.54) is 0 Å². The Morgan fingerprint density at radius 1 is 0.947 bits per heavy atom. The summed E-state index contributed by atoms with van der Waals surface area (Å²) in [4.78, 5) is 31.7. The van der Waals surface area contributed by atoms with Gasteiger partial charge in [-0.3, -0.25) is 9.59 Å². The van der Waals surface area contributed by atoms with Crippen LogP contribution in [-0.2, 0) is 33.8 Å². The van der Waals surface area contributed by atoms with Crippen molar-refractivity contribution in [1.29, 1.82) is 0 Å². The summed E-state index contributed by atoms with van der Waals surface area (Å²) in [5.41, 5.74) is 3.22. The highest BCUT2D eigenvalue weighted by atomic mass is 32.1. The molecule has 3 aromatic rings. The van der Waals surface area contributed by atoms with Gasteiger partial charge in [0.2, 0.25) is 18.6 Å². The molecule has 0 bridgehead atoms. The Bertz CT molecular complexity index is 1200. The summed E-state index contributed by atoms with van der Waals surface area (Å²) >= 11 is 1.64. The predicted molar refractivity (Wildman–Crippen MR) is 148 cm³/mol. The molecule has 0 saturated carbocycles. The Balaban J connectivity index is 1.47. The number of carbonyl (C=O) groups is 2. The van der Waals surface area contributed by atoms with Crippen molar-refractivity contribution < 1.29 is 23.8 Å². The van der Waals surface area contributed by atoms with Crippen LogP contribution in [0.4, 0.5) is 0 Å². The lowest BCUT2D eigenvalue weighted by atomic mass is 10.1. The quantitative estimate of drug-likeness (QED) is 0.265. The Kier molecular flexibility index (Phi) is 10.2. The molecule has 2 heterocycles.